The SMILES string of the molecule is O=C(CSc1nncc2ccccc12)N1CCN(c2ncccn2)CC1. The summed E-state index contributed by atoms with van der Waals surface area (Å²) in [5.41, 5.74) is 0. The standard InChI is InChI=1S/C18H18N6OS/c25-16(13-26-17-15-5-2-1-4-14(15)12-21-22-17)23-8-10-24(11-9-23)18-19-6-3-7-20-18/h1-7,12H,8-11,13H2. The van der Waals surface area contributed by atoms with Crippen molar-refractivity contribution in [2.75, 3.05) is 36.8 Å². The van der Waals surface area contributed by atoms with Crippen molar-refractivity contribution < 1.29 is 4.79 Å². The Hall–Kier alpha value is -2.74. The number of carbonyl (C=O) groups is 1. The van der Waals surface area contributed by atoms with E-state index in [-0.39, 0.29) is 5.91 Å². The zero-order chi connectivity index (χ0) is 17.8. The van der Waals surface area contributed by atoms with E-state index < -0.39 is 0 Å². The first-order valence-electron chi connectivity index (χ1n) is 8.44. The zero-order valence-corrected chi connectivity index (χ0v) is 15.0. The van der Waals surface area contributed by atoms with E-state index in [0.29, 0.717) is 18.8 Å². The molecule has 0 bridgehead atoms. The van der Waals surface area contributed by atoms with Crippen LogP contribution in [0.1, 0.15) is 0 Å². The highest BCUT2D eigenvalue weighted by molar-refractivity contribution is 8.00. The zero-order valence-electron chi connectivity index (χ0n) is 14.2. The second-order valence-corrected chi connectivity index (χ2v) is 6.91. The quantitative estimate of drug-likeness (QED) is 0.652. The summed E-state index contributed by atoms with van der Waals surface area (Å²) in [6.07, 6.45) is 5.22. The lowest BCUT2D eigenvalue weighted by Crippen LogP contribution is -2.49. The molecule has 0 aliphatic carbocycles. The molecule has 0 atom stereocenters. The molecule has 1 saturated heterocycles. The number of rotatable bonds is 4. The second kappa shape index (κ2) is 7.65. The Labute approximate surface area is 155 Å². The first kappa shape index (κ1) is 16.7. The van der Waals surface area contributed by atoms with Gasteiger partial charge in [0.25, 0.3) is 0 Å². The molecule has 1 aromatic carbocycles. The van der Waals surface area contributed by atoms with E-state index in [0.717, 1.165) is 34.8 Å². The fourth-order valence-corrected chi connectivity index (χ4v) is 3.83. The fourth-order valence-electron chi connectivity index (χ4n) is 2.94. The summed E-state index contributed by atoms with van der Waals surface area (Å²) in [5.74, 6) is 1.21. The van der Waals surface area contributed by atoms with Gasteiger partial charge in [0, 0.05) is 49.3 Å². The van der Waals surface area contributed by atoms with E-state index in [9.17, 15) is 4.79 Å². The molecule has 132 valence electrons. The maximum Gasteiger partial charge on any atom is 0.233 e. The van der Waals surface area contributed by atoms with Crippen LogP contribution in [0.15, 0.2) is 53.9 Å². The maximum absolute atomic E-state index is 12.6. The molecule has 3 aromatic rings. The van der Waals surface area contributed by atoms with Crippen LogP contribution < -0.4 is 4.90 Å². The third-order valence-electron chi connectivity index (χ3n) is 4.34. The summed E-state index contributed by atoms with van der Waals surface area (Å²) < 4.78 is 0. The Kier molecular flexibility index (Phi) is 4.92. The highest BCUT2D eigenvalue weighted by Crippen LogP contribution is 2.25. The van der Waals surface area contributed by atoms with E-state index >= 15 is 0 Å². The number of piperazine rings is 1. The summed E-state index contributed by atoms with van der Waals surface area (Å²) >= 11 is 1.45. The van der Waals surface area contributed by atoms with Crippen LogP contribution in [0.4, 0.5) is 5.95 Å². The number of benzene rings is 1. The lowest BCUT2D eigenvalue weighted by molar-refractivity contribution is -0.128. The van der Waals surface area contributed by atoms with Gasteiger partial charge in [-0.15, -0.1) is 5.10 Å². The predicted molar refractivity (Wildman–Crippen MR) is 101 cm³/mol. The van der Waals surface area contributed by atoms with Crippen molar-refractivity contribution in [2.45, 2.75) is 5.03 Å². The Morgan fingerprint density at radius 2 is 1.81 bits per heavy atom. The number of aromatic nitrogens is 4. The molecule has 8 heteroatoms. The van der Waals surface area contributed by atoms with E-state index in [1.165, 1.54) is 11.8 Å². The predicted octanol–water partition coefficient (Wildman–Crippen LogP) is 1.86. The summed E-state index contributed by atoms with van der Waals surface area (Å²) in [6, 6.07) is 9.76. The molecular weight excluding hydrogens is 348 g/mol. The van der Waals surface area contributed by atoms with Gasteiger partial charge in [-0.1, -0.05) is 36.0 Å². The Balaban J connectivity index is 1.34. The Bertz CT molecular complexity index is 893. The van der Waals surface area contributed by atoms with Gasteiger partial charge in [-0.2, -0.15) is 5.10 Å². The van der Waals surface area contributed by atoms with Crippen LogP contribution in [0.25, 0.3) is 10.8 Å². The smallest absolute Gasteiger partial charge is 0.233 e. The summed E-state index contributed by atoms with van der Waals surface area (Å²) in [5, 5.41) is 11.1. The molecule has 0 unspecified atom stereocenters. The lowest BCUT2D eigenvalue weighted by atomic mass is 10.2. The minimum Gasteiger partial charge on any atom is -0.338 e. The second-order valence-electron chi connectivity index (χ2n) is 5.94. The van der Waals surface area contributed by atoms with Crippen LogP contribution in [-0.2, 0) is 4.79 Å². The number of anilines is 1. The van der Waals surface area contributed by atoms with Gasteiger partial charge in [-0.25, -0.2) is 9.97 Å². The summed E-state index contributed by atoms with van der Waals surface area (Å²) in [7, 11) is 0. The molecule has 1 aliphatic heterocycles. The van der Waals surface area contributed by atoms with Crippen molar-refractivity contribution in [3.63, 3.8) is 0 Å². The Morgan fingerprint density at radius 1 is 1.04 bits per heavy atom. The van der Waals surface area contributed by atoms with Crippen molar-refractivity contribution >= 4 is 34.4 Å². The van der Waals surface area contributed by atoms with E-state index in [1.54, 1.807) is 24.7 Å². The molecule has 1 fully saturated rings. The van der Waals surface area contributed by atoms with Crippen LogP contribution in [0.5, 0.6) is 0 Å². The van der Waals surface area contributed by atoms with Crippen molar-refractivity contribution in [1.82, 2.24) is 25.1 Å². The molecule has 4 rings (SSSR count). The number of thioether (sulfide) groups is 1. The van der Waals surface area contributed by atoms with E-state index in [1.807, 2.05) is 29.2 Å². The minimum absolute atomic E-state index is 0.123. The molecule has 0 radical (unpaired) electrons. The van der Waals surface area contributed by atoms with Crippen molar-refractivity contribution in [3.8, 4) is 0 Å². The van der Waals surface area contributed by atoms with E-state index in [4.69, 9.17) is 0 Å². The largest absolute Gasteiger partial charge is 0.338 e. The lowest BCUT2D eigenvalue weighted by Gasteiger charge is -2.34. The minimum atomic E-state index is 0.123. The van der Waals surface area contributed by atoms with Gasteiger partial charge in [0.15, 0.2) is 0 Å². The summed E-state index contributed by atoms with van der Waals surface area (Å²) in [4.78, 5) is 25.1. The Morgan fingerprint density at radius 3 is 2.62 bits per heavy atom. The normalized spacial score (nSPS) is 14.6. The first-order valence-corrected chi connectivity index (χ1v) is 9.43. The topological polar surface area (TPSA) is 75.1 Å². The van der Waals surface area contributed by atoms with Crippen molar-refractivity contribution in [2.24, 2.45) is 0 Å². The third-order valence-corrected chi connectivity index (χ3v) is 5.30. The van der Waals surface area contributed by atoms with Crippen molar-refractivity contribution in [1.29, 1.82) is 0 Å². The first-order chi connectivity index (χ1) is 12.8. The third kappa shape index (κ3) is 3.60. The number of carbonyl (C=O) groups excluding carboxylic acids is 1. The van der Waals surface area contributed by atoms with Gasteiger partial charge in [0.2, 0.25) is 11.9 Å². The molecule has 7 nitrogen and oxygen atoms in total. The van der Waals surface area contributed by atoms with Crippen LogP contribution >= 0.6 is 11.8 Å². The molecule has 1 amide bonds. The average molecular weight is 366 g/mol. The highest BCUT2D eigenvalue weighted by atomic mass is 32.2. The molecular formula is C18H18N6OS. The molecule has 0 saturated carbocycles. The van der Waals surface area contributed by atoms with Gasteiger partial charge in [-0.3, -0.25) is 4.79 Å². The van der Waals surface area contributed by atoms with Crippen LogP contribution in [-0.4, -0.2) is 62.9 Å². The van der Waals surface area contributed by atoms with Crippen molar-refractivity contribution in [3.05, 3.63) is 48.9 Å². The van der Waals surface area contributed by atoms with Gasteiger partial charge < -0.3 is 9.80 Å². The molecule has 3 heterocycles. The number of nitrogens with zero attached hydrogens (tertiary/aromatic N) is 6. The summed E-state index contributed by atoms with van der Waals surface area (Å²) in [6.45, 7) is 2.85. The fraction of sp³-hybridized carbons (Fsp3) is 0.278. The van der Waals surface area contributed by atoms with Crippen LogP contribution in [0.3, 0.4) is 0 Å². The monoisotopic (exact) mass is 366 g/mol. The van der Waals surface area contributed by atoms with Gasteiger partial charge in [-0.05, 0) is 6.07 Å². The molecule has 0 spiro atoms. The van der Waals surface area contributed by atoms with Crippen LogP contribution in [0, 0.1) is 0 Å². The number of amides is 1. The number of hydrogen-bond donors (Lipinski definition) is 0. The van der Waals surface area contributed by atoms with E-state index in [2.05, 4.69) is 25.1 Å². The highest BCUT2D eigenvalue weighted by Gasteiger charge is 2.22. The van der Waals surface area contributed by atoms with Gasteiger partial charge in [0.1, 0.15) is 5.03 Å². The van der Waals surface area contributed by atoms with Gasteiger partial charge >= 0.3 is 0 Å². The molecule has 0 N–H and O–H groups in total. The molecule has 2 aromatic heterocycles. The molecule has 26 heavy (non-hydrogen) atoms. The maximum atomic E-state index is 12.6. The van der Waals surface area contributed by atoms with Crippen LogP contribution in [0.2, 0.25) is 0 Å². The number of fused-ring (bicyclic) bond motifs is 1. The van der Waals surface area contributed by atoms with Gasteiger partial charge in [0.05, 0.1) is 11.9 Å². The molecule has 1 aliphatic rings. The number of hydrogen-bond acceptors (Lipinski definition) is 7. The average Bonchev–Trinajstić information content (AvgIpc) is 2.73.